The number of hydrogen-bond donors (Lipinski definition) is 1. The number of para-hydroxylation sites is 1. The SMILES string of the molecule is Cc1cc2nc(CSc3ccccc3NC(=O)C34CC5CC(CC(C5)C3)C4)cc(=O)n2o1. The van der Waals surface area contributed by atoms with Crippen LogP contribution in [-0.4, -0.2) is 15.5 Å². The molecule has 2 heterocycles. The molecule has 0 atom stereocenters. The Morgan fingerprint density at radius 2 is 1.84 bits per heavy atom. The number of nitrogens with one attached hydrogen (secondary N) is 1. The van der Waals surface area contributed by atoms with Crippen LogP contribution >= 0.6 is 11.8 Å². The Hall–Kier alpha value is -2.54. The molecule has 6 nitrogen and oxygen atoms in total. The van der Waals surface area contributed by atoms with Crippen LogP contribution in [0.3, 0.4) is 0 Å². The van der Waals surface area contributed by atoms with E-state index >= 15 is 0 Å². The van der Waals surface area contributed by atoms with Gasteiger partial charge in [0.15, 0.2) is 5.65 Å². The minimum Gasteiger partial charge on any atom is -0.375 e. The molecule has 1 amide bonds. The van der Waals surface area contributed by atoms with Crippen LogP contribution in [-0.2, 0) is 10.5 Å². The highest BCUT2D eigenvalue weighted by molar-refractivity contribution is 7.98. The number of carbonyl (C=O) groups is 1. The van der Waals surface area contributed by atoms with Crippen molar-refractivity contribution in [1.29, 1.82) is 0 Å². The van der Waals surface area contributed by atoms with Gasteiger partial charge < -0.3 is 9.84 Å². The zero-order valence-electron chi connectivity index (χ0n) is 18.2. The summed E-state index contributed by atoms with van der Waals surface area (Å²) in [5, 5.41) is 3.29. The third kappa shape index (κ3) is 3.47. The summed E-state index contributed by atoms with van der Waals surface area (Å²) in [6, 6.07) is 11.2. The van der Waals surface area contributed by atoms with Crippen molar-refractivity contribution < 1.29 is 9.32 Å². The average molecular weight is 450 g/mol. The van der Waals surface area contributed by atoms with Crippen LogP contribution in [0.15, 0.2) is 50.6 Å². The molecule has 0 saturated heterocycles. The molecule has 166 valence electrons. The number of aryl methyl sites for hydroxylation is 1. The van der Waals surface area contributed by atoms with Gasteiger partial charge in [-0.15, -0.1) is 16.3 Å². The van der Waals surface area contributed by atoms with Gasteiger partial charge >= 0.3 is 0 Å². The van der Waals surface area contributed by atoms with E-state index in [4.69, 9.17) is 4.52 Å². The highest BCUT2D eigenvalue weighted by atomic mass is 32.2. The summed E-state index contributed by atoms with van der Waals surface area (Å²) in [4.78, 5) is 31.4. The summed E-state index contributed by atoms with van der Waals surface area (Å²) >= 11 is 1.59. The van der Waals surface area contributed by atoms with Crippen molar-refractivity contribution in [3.05, 3.63) is 58.2 Å². The predicted octanol–water partition coefficient (Wildman–Crippen LogP) is 5.04. The van der Waals surface area contributed by atoms with Gasteiger partial charge in [0.2, 0.25) is 5.91 Å². The monoisotopic (exact) mass is 449 g/mol. The molecule has 1 aromatic carbocycles. The lowest BCUT2D eigenvalue weighted by molar-refractivity contribution is -0.140. The van der Waals surface area contributed by atoms with Gasteiger partial charge in [0, 0.05) is 22.8 Å². The first kappa shape index (κ1) is 20.1. The normalized spacial score (nSPS) is 28.3. The van der Waals surface area contributed by atoms with Crippen LogP contribution in [0, 0.1) is 30.1 Å². The number of aromatic nitrogens is 2. The molecule has 7 rings (SSSR count). The Labute approximate surface area is 190 Å². The summed E-state index contributed by atoms with van der Waals surface area (Å²) in [6.45, 7) is 1.80. The molecule has 32 heavy (non-hydrogen) atoms. The fourth-order valence-electron chi connectivity index (χ4n) is 6.64. The highest BCUT2D eigenvalue weighted by Crippen LogP contribution is 2.60. The first-order valence-corrected chi connectivity index (χ1v) is 12.5. The molecule has 4 bridgehead atoms. The standard InChI is InChI=1S/C25H27N3O3S/c1-15-6-22-26-19(10-23(29)28(22)31-15)14-32-21-5-3-2-4-20(21)27-24(30)25-11-16-7-17(12-25)9-18(8-16)13-25/h2-6,10,16-18H,7-9,11-14H2,1H3,(H,27,30). The largest absolute Gasteiger partial charge is 0.375 e. The predicted molar refractivity (Wildman–Crippen MR) is 124 cm³/mol. The van der Waals surface area contributed by atoms with Crippen LogP contribution in [0.25, 0.3) is 5.65 Å². The van der Waals surface area contributed by atoms with E-state index in [-0.39, 0.29) is 16.9 Å². The Kier molecular flexibility index (Phi) is 4.72. The second kappa shape index (κ2) is 7.51. The number of amides is 1. The number of rotatable bonds is 5. The highest BCUT2D eigenvalue weighted by Gasteiger charge is 2.54. The summed E-state index contributed by atoms with van der Waals surface area (Å²) in [5.74, 6) is 3.61. The minimum absolute atomic E-state index is 0.174. The van der Waals surface area contributed by atoms with Crippen molar-refractivity contribution >= 4 is 29.0 Å². The quantitative estimate of drug-likeness (QED) is 0.552. The van der Waals surface area contributed by atoms with Crippen LogP contribution < -0.4 is 10.9 Å². The Morgan fingerprint density at radius 1 is 1.16 bits per heavy atom. The molecule has 2 aromatic heterocycles. The van der Waals surface area contributed by atoms with Crippen molar-refractivity contribution in [2.24, 2.45) is 23.2 Å². The van der Waals surface area contributed by atoms with E-state index in [1.807, 2.05) is 24.3 Å². The average Bonchev–Trinajstić information content (AvgIpc) is 3.13. The molecule has 0 spiro atoms. The second-order valence-electron chi connectivity index (χ2n) is 10.0. The van der Waals surface area contributed by atoms with E-state index in [1.54, 1.807) is 24.8 Å². The van der Waals surface area contributed by atoms with Crippen molar-refractivity contribution in [3.63, 3.8) is 0 Å². The maximum atomic E-state index is 13.5. The van der Waals surface area contributed by atoms with Gasteiger partial charge in [0.25, 0.3) is 5.56 Å². The molecular weight excluding hydrogens is 422 g/mol. The van der Waals surface area contributed by atoms with Crippen molar-refractivity contribution in [3.8, 4) is 0 Å². The smallest absolute Gasteiger partial charge is 0.287 e. The lowest BCUT2D eigenvalue weighted by Gasteiger charge is -2.55. The maximum absolute atomic E-state index is 13.5. The fraction of sp³-hybridized carbons (Fsp3) is 0.480. The molecule has 1 N–H and O–H groups in total. The fourth-order valence-corrected chi connectivity index (χ4v) is 7.54. The van der Waals surface area contributed by atoms with E-state index in [0.29, 0.717) is 22.9 Å². The number of benzene rings is 1. The molecule has 4 aliphatic rings. The van der Waals surface area contributed by atoms with E-state index in [1.165, 1.54) is 29.9 Å². The van der Waals surface area contributed by atoms with E-state index in [2.05, 4.69) is 10.3 Å². The number of fused-ring (bicyclic) bond motifs is 1. The summed E-state index contributed by atoms with van der Waals surface area (Å²) < 4.78 is 6.58. The molecule has 0 unspecified atom stereocenters. The first-order valence-electron chi connectivity index (χ1n) is 11.5. The number of thioether (sulfide) groups is 1. The lowest BCUT2D eigenvalue weighted by atomic mass is 9.49. The molecule has 4 fully saturated rings. The van der Waals surface area contributed by atoms with Gasteiger partial charge in [-0.3, -0.25) is 9.59 Å². The Balaban J connectivity index is 1.20. The zero-order valence-corrected chi connectivity index (χ0v) is 19.0. The molecule has 3 aromatic rings. The molecule has 4 saturated carbocycles. The van der Waals surface area contributed by atoms with E-state index in [0.717, 1.165) is 47.6 Å². The maximum Gasteiger partial charge on any atom is 0.287 e. The summed E-state index contributed by atoms with van der Waals surface area (Å²) in [5.41, 5.74) is 1.68. The van der Waals surface area contributed by atoms with Crippen LogP contribution in [0.2, 0.25) is 0 Å². The molecule has 4 aliphatic carbocycles. The van der Waals surface area contributed by atoms with E-state index in [9.17, 15) is 9.59 Å². The van der Waals surface area contributed by atoms with Crippen LogP contribution in [0.1, 0.15) is 50.0 Å². The van der Waals surface area contributed by atoms with Crippen LogP contribution in [0.5, 0.6) is 0 Å². The summed E-state index contributed by atoms with van der Waals surface area (Å²) in [7, 11) is 0. The number of nitrogens with zero attached hydrogens (tertiary/aromatic N) is 2. The van der Waals surface area contributed by atoms with Gasteiger partial charge in [-0.05, 0) is 75.3 Å². The molecular formula is C25H27N3O3S. The van der Waals surface area contributed by atoms with Gasteiger partial charge in [-0.2, -0.15) is 0 Å². The van der Waals surface area contributed by atoms with Gasteiger partial charge in [-0.1, -0.05) is 12.1 Å². The Morgan fingerprint density at radius 3 is 2.56 bits per heavy atom. The van der Waals surface area contributed by atoms with Gasteiger partial charge in [0.1, 0.15) is 5.76 Å². The number of anilines is 1. The topological polar surface area (TPSA) is 76.6 Å². The van der Waals surface area contributed by atoms with Crippen molar-refractivity contribution in [2.45, 2.75) is 56.1 Å². The number of hydrogen-bond acceptors (Lipinski definition) is 5. The minimum atomic E-state index is -0.220. The third-order valence-electron chi connectivity index (χ3n) is 7.55. The molecule has 0 radical (unpaired) electrons. The molecule has 7 heteroatoms. The first-order chi connectivity index (χ1) is 15.5. The second-order valence-corrected chi connectivity index (χ2v) is 11.0. The van der Waals surface area contributed by atoms with Crippen molar-refractivity contribution in [2.75, 3.05) is 5.32 Å². The van der Waals surface area contributed by atoms with Crippen LogP contribution in [0.4, 0.5) is 5.69 Å². The summed E-state index contributed by atoms with van der Waals surface area (Å²) in [6.07, 6.45) is 7.14. The van der Waals surface area contributed by atoms with Crippen molar-refractivity contribution in [1.82, 2.24) is 9.56 Å². The van der Waals surface area contributed by atoms with Gasteiger partial charge in [-0.25, -0.2) is 4.98 Å². The Bertz CT molecular complexity index is 1230. The zero-order chi connectivity index (χ0) is 21.9. The molecule has 0 aliphatic heterocycles. The lowest BCUT2D eigenvalue weighted by Crippen LogP contribution is -2.51. The third-order valence-corrected chi connectivity index (χ3v) is 8.66. The van der Waals surface area contributed by atoms with E-state index < -0.39 is 0 Å². The van der Waals surface area contributed by atoms with Gasteiger partial charge in [0.05, 0.1) is 16.8 Å². The number of carbonyl (C=O) groups excluding carboxylic acids is 1.